The van der Waals surface area contributed by atoms with Crippen LogP contribution in [0.5, 0.6) is 0 Å². The maximum atomic E-state index is 11.8. The number of aryl methyl sites for hydroxylation is 1. The van der Waals surface area contributed by atoms with Crippen LogP contribution in [-0.4, -0.2) is 34.0 Å². The van der Waals surface area contributed by atoms with Crippen LogP contribution < -0.4 is 10.6 Å². The lowest BCUT2D eigenvalue weighted by atomic mass is 10.0. The van der Waals surface area contributed by atoms with Crippen LogP contribution in [0, 0.1) is 0 Å². The summed E-state index contributed by atoms with van der Waals surface area (Å²) in [7, 11) is 0. The highest BCUT2D eigenvalue weighted by Gasteiger charge is 2.12. The summed E-state index contributed by atoms with van der Waals surface area (Å²) in [6.07, 6.45) is 20.3. The summed E-state index contributed by atoms with van der Waals surface area (Å²) >= 11 is 0. The molecule has 1 aliphatic carbocycles. The second-order valence-electron chi connectivity index (χ2n) is 8.31. The molecule has 184 valence electrons. The number of unbranched alkanes of at least 4 members (excludes halogenated alkanes) is 2. The highest BCUT2D eigenvalue weighted by Crippen LogP contribution is 2.15. The van der Waals surface area contributed by atoms with E-state index in [9.17, 15) is 9.59 Å². The lowest BCUT2D eigenvalue weighted by molar-refractivity contribution is -0.126. The highest BCUT2D eigenvalue weighted by atomic mass is 16.2. The van der Waals surface area contributed by atoms with Gasteiger partial charge in [-0.15, -0.1) is 6.58 Å². The fourth-order valence-corrected chi connectivity index (χ4v) is 3.27. The van der Waals surface area contributed by atoms with E-state index in [1.54, 1.807) is 12.4 Å². The summed E-state index contributed by atoms with van der Waals surface area (Å²) in [5, 5.41) is 5.40. The second kappa shape index (κ2) is 20.8. The number of aromatic nitrogens is 2. The average Bonchev–Trinajstić information content (AvgIpc) is 3.27. The van der Waals surface area contributed by atoms with Gasteiger partial charge >= 0.3 is 0 Å². The summed E-state index contributed by atoms with van der Waals surface area (Å²) in [4.78, 5) is 27.4. The van der Waals surface area contributed by atoms with Crippen molar-refractivity contribution in [1.29, 1.82) is 0 Å². The van der Waals surface area contributed by atoms with Crippen LogP contribution in [0.1, 0.15) is 104 Å². The number of imidazole rings is 1. The largest absolute Gasteiger partial charge is 0.348 e. The van der Waals surface area contributed by atoms with Crippen molar-refractivity contribution in [1.82, 2.24) is 20.2 Å². The van der Waals surface area contributed by atoms with Crippen molar-refractivity contribution in [3.05, 3.63) is 30.9 Å². The molecule has 1 aromatic heterocycles. The standard InChI is InChI=1S/C15H24N4O2.C6H12.C5H12/c1-4-7-14(20)16-9-15(21)18-12(5-2)8-13-10-19(6-3)11-17-13;1-2-4-6-5-3-1;1-3-5-4-2/h5,10-12H,2,4,6-9H2,1,3H3,(H,16,20)(H,18,21);1-6H2;3-5H2,1-2H3. The Balaban J connectivity index is 0.000000709. The molecule has 0 aromatic carbocycles. The molecule has 0 bridgehead atoms. The molecule has 1 heterocycles. The first-order valence-corrected chi connectivity index (χ1v) is 12.7. The number of carbonyl (C=O) groups excluding carboxylic acids is 2. The minimum Gasteiger partial charge on any atom is -0.348 e. The zero-order valence-corrected chi connectivity index (χ0v) is 21.1. The van der Waals surface area contributed by atoms with Crippen molar-refractivity contribution < 1.29 is 9.59 Å². The Morgan fingerprint density at radius 1 is 1.03 bits per heavy atom. The molecule has 1 aliphatic rings. The van der Waals surface area contributed by atoms with E-state index >= 15 is 0 Å². The van der Waals surface area contributed by atoms with Crippen LogP contribution in [-0.2, 0) is 22.6 Å². The molecule has 1 fully saturated rings. The molecule has 1 unspecified atom stereocenters. The van der Waals surface area contributed by atoms with Crippen molar-refractivity contribution in [3.8, 4) is 0 Å². The highest BCUT2D eigenvalue weighted by molar-refractivity contribution is 5.84. The zero-order chi connectivity index (χ0) is 24.0. The SMILES string of the molecule is C1CCCCC1.C=CC(Cc1cn(CC)cn1)NC(=O)CNC(=O)CCC.CCCCC. The number of nitrogens with one attached hydrogen (secondary N) is 2. The smallest absolute Gasteiger partial charge is 0.239 e. The molecule has 0 aliphatic heterocycles. The second-order valence-corrected chi connectivity index (χ2v) is 8.31. The van der Waals surface area contributed by atoms with Gasteiger partial charge in [-0.3, -0.25) is 9.59 Å². The van der Waals surface area contributed by atoms with Crippen LogP contribution >= 0.6 is 0 Å². The van der Waals surface area contributed by atoms with Gasteiger partial charge in [-0.05, 0) is 13.3 Å². The summed E-state index contributed by atoms with van der Waals surface area (Å²) in [5.74, 6) is -0.330. The van der Waals surface area contributed by atoms with Crippen LogP contribution in [0.15, 0.2) is 25.2 Å². The van der Waals surface area contributed by atoms with Gasteiger partial charge in [0, 0.05) is 25.6 Å². The number of amides is 2. The Morgan fingerprint density at radius 2 is 1.62 bits per heavy atom. The van der Waals surface area contributed by atoms with Gasteiger partial charge in [0.25, 0.3) is 0 Å². The average molecular weight is 449 g/mol. The van der Waals surface area contributed by atoms with Crippen molar-refractivity contribution in [2.45, 2.75) is 117 Å². The van der Waals surface area contributed by atoms with Gasteiger partial charge in [0.1, 0.15) is 0 Å². The predicted molar refractivity (Wildman–Crippen MR) is 135 cm³/mol. The quantitative estimate of drug-likeness (QED) is 0.435. The number of hydrogen-bond acceptors (Lipinski definition) is 3. The third kappa shape index (κ3) is 16.6. The third-order valence-electron chi connectivity index (χ3n) is 5.24. The van der Waals surface area contributed by atoms with Gasteiger partial charge in [0.2, 0.25) is 11.8 Å². The molecule has 2 amide bonds. The number of rotatable bonds is 11. The topological polar surface area (TPSA) is 76.0 Å². The van der Waals surface area contributed by atoms with Gasteiger partial charge < -0.3 is 15.2 Å². The predicted octanol–water partition coefficient (Wildman–Crippen LogP) is 5.57. The Bertz CT molecular complexity index is 595. The van der Waals surface area contributed by atoms with E-state index < -0.39 is 0 Å². The molecule has 0 spiro atoms. The van der Waals surface area contributed by atoms with E-state index in [2.05, 4.69) is 36.0 Å². The van der Waals surface area contributed by atoms with Gasteiger partial charge in [0.15, 0.2) is 0 Å². The molecule has 32 heavy (non-hydrogen) atoms. The Hall–Kier alpha value is -2.11. The van der Waals surface area contributed by atoms with Crippen molar-refractivity contribution in [2.24, 2.45) is 0 Å². The molecule has 6 heteroatoms. The maximum Gasteiger partial charge on any atom is 0.239 e. The Labute approximate surface area is 196 Å². The van der Waals surface area contributed by atoms with Crippen LogP contribution in [0.3, 0.4) is 0 Å². The molecule has 0 saturated heterocycles. The monoisotopic (exact) mass is 448 g/mol. The van der Waals surface area contributed by atoms with Gasteiger partial charge in [-0.25, -0.2) is 4.98 Å². The van der Waals surface area contributed by atoms with Crippen molar-refractivity contribution in [2.75, 3.05) is 6.54 Å². The molecule has 2 rings (SSSR count). The zero-order valence-electron chi connectivity index (χ0n) is 21.1. The van der Waals surface area contributed by atoms with Gasteiger partial charge in [0.05, 0.1) is 24.6 Å². The number of nitrogens with zero attached hydrogens (tertiary/aromatic N) is 2. The van der Waals surface area contributed by atoms with Crippen LogP contribution in [0.4, 0.5) is 0 Å². The molecule has 0 radical (unpaired) electrons. The fraction of sp³-hybridized carbons (Fsp3) is 0.731. The van der Waals surface area contributed by atoms with E-state index in [1.165, 1.54) is 57.8 Å². The molecule has 2 N–H and O–H groups in total. The molecule has 6 nitrogen and oxygen atoms in total. The van der Waals surface area contributed by atoms with Gasteiger partial charge in [-0.1, -0.05) is 84.6 Å². The maximum absolute atomic E-state index is 11.8. The molecule has 1 atom stereocenters. The molecule has 1 saturated carbocycles. The summed E-state index contributed by atoms with van der Waals surface area (Å²) < 4.78 is 1.97. The summed E-state index contributed by atoms with van der Waals surface area (Å²) in [6.45, 7) is 13.0. The molecular formula is C26H48N4O2. The first-order valence-electron chi connectivity index (χ1n) is 12.7. The fourth-order valence-electron chi connectivity index (χ4n) is 3.27. The third-order valence-corrected chi connectivity index (χ3v) is 5.24. The summed E-state index contributed by atoms with van der Waals surface area (Å²) in [5.41, 5.74) is 0.900. The first kappa shape index (κ1) is 29.9. The Morgan fingerprint density at radius 3 is 2.03 bits per heavy atom. The molecule has 1 aromatic rings. The van der Waals surface area contributed by atoms with Crippen LogP contribution in [0.25, 0.3) is 0 Å². The van der Waals surface area contributed by atoms with Crippen molar-refractivity contribution >= 4 is 11.8 Å². The van der Waals surface area contributed by atoms with E-state index in [4.69, 9.17) is 0 Å². The minimum absolute atomic E-state index is 0.00737. The Kier molecular flexibility index (Phi) is 19.4. The summed E-state index contributed by atoms with van der Waals surface area (Å²) in [6, 6.07) is -0.194. The van der Waals surface area contributed by atoms with Crippen molar-refractivity contribution in [3.63, 3.8) is 0 Å². The van der Waals surface area contributed by atoms with Crippen LogP contribution in [0.2, 0.25) is 0 Å². The lowest BCUT2D eigenvalue weighted by Gasteiger charge is -2.14. The van der Waals surface area contributed by atoms with E-state index in [0.29, 0.717) is 12.8 Å². The molecular weight excluding hydrogens is 400 g/mol. The van der Waals surface area contributed by atoms with E-state index in [1.807, 2.05) is 24.6 Å². The number of carbonyl (C=O) groups is 2. The number of hydrogen-bond donors (Lipinski definition) is 2. The van der Waals surface area contributed by atoms with E-state index in [0.717, 1.165) is 18.7 Å². The normalized spacial score (nSPS) is 13.5. The lowest BCUT2D eigenvalue weighted by Crippen LogP contribution is -2.42. The van der Waals surface area contributed by atoms with E-state index in [-0.39, 0.29) is 24.4 Å². The first-order chi connectivity index (χ1) is 15.5. The van der Waals surface area contributed by atoms with Gasteiger partial charge in [-0.2, -0.15) is 0 Å². The minimum atomic E-state index is -0.223.